The third kappa shape index (κ3) is 2.02. The lowest BCUT2D eigenvalue weighted by molar-refractivity contribution is 0.112. The van der Waals surface area contributed by atoms with Crippen molar-refractivity contribution in [1.29, 1.82) is 0 Å². The summed E-state index contributed by atoms with van der Waals surface area (Å²) >= 11 is 0. The number of anilines is 1. The van der Waals surface area contributed by atoms with Crippen molar-refractivity contribution < 1.29 is 4.79 Å². The van der Waals surface area contributed by atoms with Gasteiger partial charge in [0.2, 0.25) is 0 Å². The molecule has 0 fully saturated rings. The van der Waals surface area contributed by atoms with Gasteiger partial charge in [0, 0.05) is 24.3 Å². The smallest absolute Gasteiger partial charge is 0.150 e. The van der Waals surface area contributed by atoms with Crippen molar-refractivity contribution in [2.75, 3.05) is 11.4 Å². The highest BCUT2D eigenvalue weighted by Gasteiger charge is 2.17. The van der Waals surface area contributed by atoms with E-state index in [0.717, 1.165) is 31.4 Å². The maximum atomic E-state index is 10.6. The van der Waals surface area contributed by atoms with Gasteiger partial charge in [0.25, 0.3) is 0 Å². The van der Waals surface area contributed by atoms with Crippen molar-refractivity contribution in [1.82, 2.24) is 0 Å². The van der Waals surface area contributed by atoms with E-state index in [9.17, 15) is 4.79 Å². The van der Waals surface area contributed by atoms with Gasteiger partial charge in [-0.05, 0) is 23.6 Å². The number of fused-ring (bicyclic) bond motifs is 1. The third-order valence-electron chi connectivity index (χ3n) is 3.47. The molecule has 3 rings (SSSR count). The molecule has 2 heteroatoms. The van der Waals surface area contributed by atoms with E-state index >= 15 is 0 Å². The number of aldehydes is 1. The fraction of sp³-hybridized carbons (Fsp3) is 0.188. The van der Waals surface area contributed by atoms with Crippen LogP contribution in [-0.4, -0.2) is 12.8 Å². The van der Waals surface area contributed by atoms with E-state index < -0.39 is 0 Å². The summed E-state index contributed by atoms with van der Waals surface area (Å²) in [5.74, 6) is 0. The zero-order valence-corrected chi connectivity index (χ0v) is 10.2. The minimum absolute atomic E-state index is 0.737. The Morgan fingerprint density at radius 3 is 2.61 bits per heavy atom. The first kappa shape index (κ1) is 11.0. The molecule has 0 unspecified atom stereocenters. The lowest BCUT2D eigenvalue weighted by Gasteiger charge is -2.19. The summed E-state index contributed by atoms with van der Waals surface area (Å²) in [6.45, 7) is 1.99. The number of nitrogens with zero attached hydrogens (tertiary/aromatic N) is 1. The molecule has 0 amide bonds. The molecule has 0 spiro atoms. The van der Waals surface area contributed by atoms with Gasteiger partial charge < -0.3 is 4.90 Å². The van der Waals surface area contributed by atoms with Gasteiger partial charge in [-0.1, -0.05) is 42.5 Å². The summed E-state index contributed by atoms with van der Waals surface area (Å²) in [6.07, 6.45) is 2.01. The highest BCUT2D eigenvalue weighted by atomic mass is 16.1. The van der Waals surface area contributed by atoms with E-state index in [-0.39, 0.29) is 0 Å². The van der Waals surface area contributed by atoms with Crippen molar-refractivity contribution in [2.24, 2.45) is 0 Å². The molecular weight excluding hydrogens is 222 g/mol. The molecule has 2 nitrogen and oxygen atoms in total. The summed E-state index contributed by atoms with van der Waals surface area (Å²) in [5.41, 5.74) is 4.76. The SMILES string of the molecule is O=Cc1ccc(CN2CCc3ccccc32)cc1. The Balaban J connectivity index is 1.79. The van der Waals surface area contributed by atoms with E-state index in [1.807, 2.05) is 24.3 Å². The Morgan fingerprint density at radius 1 is 1.06 bits per heavy atom. The van der Waals surface area contributed by atoms with Gasteiger partial charge in [0.1, 0.15) is 6.29 Å². The van der Waals surface area contributed by atoms with E-state index in [0.29, 0.717) is 0 Å². The monoisotopic (exact) mass is 237 g/mol. The molecule has 1 heterocycles. The second kappa shape index (κ2) is 4.65. The van der Waals surface area contributed by atoms with Crippen LogP contribution in [-0.2, 0) is 13.0 Å². The number of rotatable bonds is 3. The van der Waals surface area contributed by atoms with Crippen molar-refractivity contribution in [3.63, 3.8) is 0 Å². The van der Waals surface area contributed by atoms with Crippen LogP contribution in [0, 0.1) is 0 Å². The standard InChI is InChI=1S/C16H15NO/c18-12-14-7-5-13(6-8-14)11-17-10-9-15-3-1-2-4-16(15)17/h1-8,12H,9-11H2. The Bertz CT molecular complexity index is 560. The lowest BCUT2D eigenvalue weighted by atomic mass is 10.1. The van der Waals surface area contributed by atoms with Crippen molar-refractivity contribution in [3.8, 4) is 0 Å². The Morgan fingerprint density at radius 2 is 1.83 bits per heavy atom. The average molecular weight is 237 g/mol. The topological polar surface area (TPSA) is 20.3 Å². The molecular formula is C16H15NO. The predicted molar refractivity (Wildman–Crippen MR) is 73.0 cm³/mol. The van der Waals surface area contributed by atoms with E-state index in [2.05, 4.69) is 29.2 Å². The van der Waals surface area contributed by atoms with Gasteiger partial charge >= 0.3 is 0 Å². The first-order chi connectivity index (χ1) is 8.86. The molecule has 18 heavy (non-hydrogen) atoms. The predicted octanol–water partition coefficient (Wildman–Crippen LogP) is 3.06. The molecule has 0 bridgehead atoms. The average Bonchev–Trinajstić information content (AvgIpc) is 2.83. The molecule has 0 atom stereocenters. The minimum atomic E-state index is 0.737. The molecule has 0 aromatic heterocycles. The first-order valence-electron chi connectivity index (χ1n) is 6.24. The Hall–Kier alpha value is -2.09. The summed E-state index contributed by atoms with van der Waals surface area (Å²) in [7, 11) is 0. The van der Waals surface area contributed by atoms with Crippen LogP contribution in [0.25, 0.3) is 0 Å². The maximum absolute atomic E-state index is 10.6. The number of carbonyl (C=O) groups excluding carboxylic acids is 1. The van der Waals surface area contributed by atoms with Gasteiger partial charge in [0.05, 0.1) is 0 Å². The molecule has 1 aliphatic rings. The molecule has 2 aromatic rings. The molecule has 0 N–H and O–H groups in total. The van der Waals surface area contributed by atoms with Gasteiger partial charge in [-0.3, -0.25) is 4.79 Å². The van der Waals surface area contributed by atoms with Crippen molar-refractivity contribution >= 4 is 12.0 Å². The van der Waals surface area contributed by atoms with Crippen LogP contribution < -0.4 is 4.90 Å². The minimum Gasteiger partial charge on any atom is -0.367 e. The lowest BCUT2D eigenvalue weighted by Crippen LogP contribution is -2.19. The van der Waals surface area contributed by atoms with Crippen LogP contribution in [0.1, 0.15) is 21.5 Å². The van der Waals surface area contributed by atoms with E-state index in [4.69, 9.17) is 0 Å². The van der Waals surface area contributed by atoms with Gasteiger partial charge in [-0.15, -0.1) is 0 Å². The third-order valence-corrected chi connectivity index (χ3v) is 3.47. The largest absolute Gasteiger partial charge is 0.367 e. The zero-order chi connectivity index (χ0) is 12.4. The number of hydrogen-bond acceptors (Lipinski definition) is 2. The van der Waals surface area contributed by atoms with Crippen LogP contribution in [0.4, 0.5) is 5.69 Å². The summed E-state index contributed by atoms with van der Waals surface area (Å²) in [6, 6.07) is 16.4. The highest BCUT2D eigenvalue weighted by molar-refractivity contribution is 5.74. The second-order valence-corrected chi connectivity index (χ2v) is 4.66. The molecule has 2 aromatic carbocycles. The van der Waals surface area contributed by atoms with Gasteiger partial charge in [0.15, 0.2) is 0 Å². The van der Waals surface area contributed by atoms with Crippen molar-refractivity contribution in [3.05, 3.63) is 65.2 Å². The molecule has 0 aliphatic carbocycles. The van der Waals surface area contributed by atoms with Crippen LogP contribution in [0.3, 0.4) is 0 Å². The molecule has 0 saturated carbocycles. The number of para-hydroxylation sites is 1. The zero-order valence-electron chi connectivity index (χ0n) is 10.2. The molecule has 1 aliphatic heterocycles. The first-order valence-corrected chi connectivity index (χ1v) is 6.24. The second-order valence-electron chi connectivity index (χ2n) is 4.66. The quantitative estimate of drug-likeness (QED) is 0.765. The summed E-state index contributed by atoms with van der Waals surface area (Å²) < 4.78 is 0. The van der Waals surface area contributed by atoms with Crippen LogP contribution in [0.2, 0.25) is 0 Å². The van der Waals surface area contributed by atoms with Crippen LogP contribution in [0.5, 0.6) is 0 Å². The maximum Gasteiger partial charge on any atom is 0.150 e. The Kier molecular flexibility index (Phi) is 2.85. The van der Waals surface area contributed by atoms with Crippen LogP contribution >= 0.6 is 0 Å². The summed E-state index contributed by atoms with van der Waals surface area (Å²) in [4.78, 5) is 13.0. The fourth-order valence-electron chi connectivity index (χ4n) is 2.49. The van der Waals surface area contributed by atoms with E-state index in [1.165, 1.54) is 16.8 Å². The summed E-state index contributed by atoms with van der Waals surface area (Å²) in [5, 5.41) is 0. The van der Waals surface area contributed by atoms with Crippen LogP contribution in [0.15, 0.2) is 48.5 Å². The van der Waals surface area contributed by atoms with Gasteiger partial charge in [-0.25, -0.2) is 0 Å². The van der Waals surface area contributed by atoms with E-state index in [1.54, 1.807) is 0 Å². The molecule has 90 valence electrons. The normalized spacial score (nSPS) is 13.4. The highest BCUT2D eigenvalue weighted by Crippen LogP contribution is 2.28. The van der Waals surface area contributed by atoms with Gasteiger partial charge in [-0.2, -0.15) is 0 Å². The van der Waals surface area contributed by atoms with Crippen molar-refractivity contribution in [2.45, 2.75) is 13.0 Å². The number of benzene rings is 2. The molecule has 0 radical (unpaired) electrons. The fourth-order valence-corrected chi connectivity index (χ4v) is 2.49. The Labute approximate surface area is 107 Å². The number of hydrogen-bond donors (Lipinski definition) is 0. The number of carbonyl (C=O) groups is 1. The molecule has 0 saturated heterocycles.